The lowest BCUT2D eigenvalue weighted by Crippen LogP contribution is -2.29. The molecule has 11 nitrogen and oxygen atoms in total. The van der Waals surface area contributed by atoms with Crippen LogP contribution in [0.4, 0.5) is 5.69 Å². The van der Waals surface area contributed by atoms with Crippen LogP contribution in [0.25, 0.3) is 0 Å². The van der Waals surface area contributed by atoms with E-state index in [0.717, 1.165) is 34.5 Å². The maximum atomic E-state index is 12.1. The van der Waals surface area contributed by atoms with Gasteiger partial charge in [0, 0.05) is 17.9 Å². The summed E-state index contributed by atoms with van der Waals surface area (Å²) in [5.74, 6) is 1.83. The summed E-state index contributed by atoms with van der Waals surface area (Å²) >= 11 is 0. The van der Waals surface area contributed by atoms with E-state index in [1.54, 1.807) is 42.6 Å². The Morgan fingerprint density at radius 1 is 1.10 bits per heavy atom. The van der Waals surface area contributed by atoms with Crippen molar-refractivity contribution in [3.63, 3.8) is 0 Å². The van der Waals surface area contributed by atoms with Gasteiger partial charge in [-0.25, -0.2) is 22.4 Å². The minimum Gasteiger partial charge on any atom is -0.493 e. The number of rotatable bonds is 10. The van der Waals surface area contributed by atoms with E-state index in [1.165, 1.54) is 6.26 Å². The van der Waals surface area contributed by atoms with Gasteiger partial charge in [0.2, 0.25) is 11.8 Å². The highest BCUT2D eigenvalue weighted by Gasteiger charge is 2.30. The lowest BCUT2D eigenvalue weighted by atomic mass is 10.1. The second-order valence-corrected chi connectivity index (χ2v) is 13.0. The fourth-order valence-electron chi connectivity index (χ4n) is 4.38. The van der Waals surface area contributed by atoms with E-state index in [4.69, 9.17) is 14.2 Å². The second-order valence-electron chi connectivity index (χ2n) is 9.15. The quantitative estimate of drug-likeness (QED) is 0.346. The van der Waals surface area contributed by atoms with Gasteiger partial charge >= 0.3 is 10.2 Å². The molecule has 0 bridgehead atoms. The third-order valence-corrected chi connectivity index (χ3v) is 8.45. The van der Waals surface area contributed by atoms with Gasteiger partial charge in [-0.3, -0.25) is 0 Å². The Labute approximate surface area is 226 Å². The Balaban J connectivity index is 1.21. The topological polar surface area (TPSA) is 144 Å². The van der Waals surface area contributed by atoms with Gasteiger partial charge in [0.1, 0.15) is 33.2 Å². The molecule has 39 heavy (non-hydrogen) atoms. The molecule has 206 valence electrons. The average Bonchev–Trinajstić information content (AvgIpc) is 3.42. The molecular formula is C26H27N3O8S2. The van der Waals surface area contributed by atoms with Gasteiger partial charge < -0.3 is 19.3 Å². The first-order chi connectivity index (χ1) is 18.6. The van der Waals surface area contributed by atoms with Crippen molar-refractivity contribution in [1.82, 2.24) is 9.71 Å². The molecule has 0 amide bonds. The van der Waals surface area contributed by atoms with Gasteiger partial charge in [0.05, 0.1) is 30.4 Å². The van der Waals surface area contributed by atoms with E-state index >= 15 is 0 Å². The normalized spacial score (nSPS) is 17.7. The predicted octanol–water partition coefficient (Wildman–Crippen LogP) is 3.77. The van der Waals surface area contributed by atoms with Crippen molar-refractivity contribution in [2.24, 2.45) is 0 Å². The van der Waals surface area contributed by atoms with Gasteiger partial charge in [-0.1, -0.05) is 12.1 Å². The first-order valence-corrected chi connectivity index (χ1v) is 15.6. The van der Waals surface area contributed by atoms with Crippen molar-refractivity contribution < 1.29 is 36.2 Å². The van der Waals surface area contributed by atoms with E-state index in [9.17, 15) is 21.9 Å². The molecule has 2 aliphatic rings. The zero-order chi connectivity index (χ0) is 27.6. The van der Waals surface area contributed by atoms with E-state index in [1.807, 2.05) is 22.9 Å². The van der Waals surface area contributed by atoms with Gasteiger partial charge in [-0.2, -0.15) is 8.42 Å². The minimum absolute atomic E-state index is 0.0625. The maximum absolute atomic E-state index is 12.1. The summed E-state index contributed by atoms with van der Waals surface area (Å²) in [4.78, 5) is 4.24. The highest BCUT2D eigenvalue weighted by atomic mass is 32.2. The largest absolute Gasteiger partial charge is 0.493 e. The number of anilines is 1. The highest BCUT2D eigenvalue weighted by Crippen LogP contribution is 2.41. The number of aliphatic hydroxyl groups excluding tert-OH is 1. The van der Waals surface area contributed by atoms with Crippen LogP contribution in [0, 0.1) is 0 Å². The summed E-state index contributed by atoms with van der Waals surface area (Å²) < 4.78 is 67.3. The lowest BCUT2D eigenvalue weighted by Gasteiger charge is -2.18. The number of hydrogen-bond donors (Lipinski definition) is 2. The summed E-state index contributed by atoms with van der Waals surface area (Å²) in [6.07, 6.45) is 5.54. The van der Waals surface area contributed by atoms with Crippen molar-refractivity contribution in [1.29, 1.82) is 0 Å². The van der Waals surface area contributed by atoms with Gasteiger partial charge in [0.25, 0.3) is 0 Å². The average molecular weight is 574 g/mol. The third kappa shape index (κ3) is 6.37. The van der Waals surface area contributed by atoms with Gasteiger partial charge in [0.15, 0.2) is 0 Å². The summed E-state index contributed by atoms with van der Waals surface area (Å²) in [7, 11) is -6.87. The van der Waals surface area contributed by atoms with Gasteiger partial charge in [-0.15, -0.1) is 0 Å². The molecule has 13 heteroatoms. The summed E-state index contributed by atoms with van der Waals surface area (Å²) in [5, 5.41) is 9.49. The molecule has 1 aromatic heterocycles. The van der Waals surface area contributed by atoms with Crippen molar-refractivity contribution in [2.45, 2.75) is 25.4 Å². The van der Waals surface area contributed by atoms with Crippen LogP contribution in [0.5, 0.6) is 23.1 Å². The second kappa shape index (κ2) is 10.7. The molecule has 0 saturated heterocycles. The van der Waals surface area contributed by atoms with Crippen molar-refractivity contribution in [3.05, 3.63) is 84.0 Å². The molecule has 5 rings (SSSR count). The SMILES string of the molecule is CS(=O)(=O)CCCOc1ccc(Oc2cccc3c2CC[C@H]3Oc2ccc(N3C=C(O)NS3(=O)=O)cc2)cn1. The number of fused-ring (bicyclic) bond motifs is 1. The Morgan fingerprint density at radius 3 is 2.54 bits per heavy atom. The molecule has 0 spiro atoms. The summed E-state index contributed by atoms with van der Waals surface area (Å²) in [5.41, 5.74) is 2.41. The van der Waals surface area contributed by atoms with Crippen LogP contribution in [0.3, 0.4) is 0 Å². The molecule has 1 atom stereocenters. The van der Waals surface area contributed by atoms with Crippen LogP contribution in [0.1, 0.15) is 30.1 Å². The molecule has 0 saturated carbocycles. The number of aliphatic hydroxyl groups is 1. The molecule has 2 heterocycles. The number of nitrogens with one attached hydrogen (secondary N) is 1. The Hall–Kier alpha value is -3.97. The molecular weight excluding hydrogens is 546 g/mol. The van der Waals surface area contributed by atoms with E-state index in [-0.39, 0.29) is 18.5 Å². The summed E-state index contributed by atoms with van der Waals surface area (Å²) in [6.45, 7) is 0.256. The zero-order valence-corrected chi connectivity index (χ0v) is 22.6. The number of benzene rings is 2. The monoisotopic (exact) mass is 573 g/mol. The van der Waals surface area contributed by atoms with Crippen LogP contribution < -0.4 is 23.2 Å². The predicted molar refractivity (Wildman–Crippen MR) is 144 cm³/mol. The number of ether oxygens (including phenoxy) is 3. The first-order valence-electron chi connectivity index (χ1n) is 12.1. The van der Waals surface area contributed by atoms with Crippen molar-refractivity contribution >= 4 is 25.7 Å². The van der Waals surface area contributed by atoms with E-state index in [2.05, 4.69) is 4.98 Å². The van der Waals surface area contributed by atoms with Crippen LogP contribution in [0.2, 0.25) is 0 Å². The van der Waals surface area contributed by atoms with Crippen molar-refractivity contribution in [3.8, 4) is 23.1 Å². The Kier molecular flexibility index (Phi) is 7.28. The highest BCUT2D eigenvalue weighted by molar-refractivity contribution is 7.91. The molecule has 0 fully saturated rings. The van der Waals surface area contributed by atoms with E-state index < -0.39 is 25.9 Å². The number of nitrogens with zero attached hydrogens (tertiary/aromatic N) is 2. The fraction of sp³-hybridized carbons (Fsp3) is 0.269. The van der Waals surface area contributed by atoms with E-state index in [0.29, 0.717) is 35.2 Å². The maximum Gasteiger partial charge on any atom is 0.330 e. The van der Waals surface area contributed by atoms with Crippen LogP contribution in [-0.2, 0) is 26.5 Å². The number of sulfone groups is 1. The molecule has 2 aromatic carbocycles. The molecule has 1 aliphatic carbocycles. The minimum atomic E-state index is -3.85. The molecule has 3 aromatic rings. The standard InChI is InChI=1S/C26H27N3O8S2/c1-38(31,32)15-3-14-35-26-13-10-20(16-27-26)37-23-5-2-4-21-22(23)11-12-24(21)36-19-8-6-18(7-9-19)29-17-25(30)28-39(29,33)34/h2,4-10,13,16-17,24,28,30H,3,11-12,14-15H2,1H3/t24-/m1/s1. The van der Waals surface area contributed by atoms with Crippen LogP contribution >= 0.6 is 0 Å². The smallest absolute Gasteiger partial charge is 0.330 e. The number of pyridine rings is 1. The zero-order valence-electron chi connectivity index (χ0n) is 21.0. The third-order valence-electron chi connectivity index (χ3n) is 6.12. The molecule has 0 unspecified atom stereocenters. The van der Waals surface area contributed by atoms with Crippen LogP contribution in [-0.4, -0.2) is 45.5 Å². The Morgan fingerprint density at radius 2 is 1.87 bits per heavy atom. The number of hydrogen-bond acceptors (Lipinski definition) is 9. The molecule has 2 N–H and O–H groups in total. The summed E-state index contributed by atoms with van der Waals surface area (Å²) in [6, 6.07) is 15.8. The Bertz CT molecular complexity index is 1590. The first kappa shape index (κ1) is 26.6. The fourth-order valence-corrected chi connectivity index (χ4v) is 6.07. The molecule has 1 aliphatic heterocycles. The van der Waals surface area contributed by atoms with Gasteiger partial charge in [-0.05, 0) is 61.2 Å². The molecule has 0 radical (unpaired) electrons. The van der Waals surface area contributed by atoms with Crippen LogP contribution in [0.15, 0.2) is 72.9 Å². The number of aromatic nitrogens is 1. The van der Waals surface area contributed by atoms with Crippen molar-refractivity contribution in [2.75, 3.05) is 22.9 Å². The lowest BCUT2D eigenvalue weighted by molar-refractivity contribution is 0.207.